The summed E-state index contributed by atoms with van der Waals surface area (Å²) in [5, 5.41) is 2.72. The lowest BCUT2D eigenvalue weighted by atomic mass is 10.2. The summed E-state index contributed by atoms with van der Waals surface area (Å²) in [5.74, 6) is -0.00639. The van der Waals surface area contributed by atoms with Crippen LogP contribution in [0.2, 0.25) is 0 Å². The third-order valence-corrected chi connectivity index (χ3v) is 2.25. The topological polar surface area (TPSA) is 83.5 Å². The summed E-state index contributed by atoms with van der Waals surface area (Å²) in [4.78, 5) is 11.1. The van der Waals surface area contributed by atoms with Crippen LogP contribution in [-0.4, -0.2) is 30.9 Å². The average Bonchev–Trinajstić information content (AvgIpc) is 2.29. The summed E-state index contributed by atoms with van der Waals surface area (Å²) in [6, 6.07) is 9.19. The highest BCUT2D eigenvalue weighted by molar-refractivity contribution is 7.86. The van der Waals surface area contributed by atoms with Gasteiger partial charge in [0, 0.05) is 12.1 Å². The molecule has 0 aromatic heterocycles. The number of hydrogen-bond donors (Lipinski definition) is 2. The van der Waals surface area contributed by atoms with Gasteiger partial charge < -0.3 is 5.32 Å². The molecule has 0 saturated carbocycles. The minimum absolute atomic E-state index is 0.00639. The predicted molar refractivity (Wildman–Crippen MR) is 62.1 cm³/mol. The molecule has 0 aliphatic heterocycles. The Balaban J connectivity index is 0.000000362. The summed E-state index contributed by atoms with van der Waals surface area (Å²) < 4.78 is 57.5. The van der Waals surface area contributed by atoms with E-state index in [4.69, 9.17) is 13.0 Å². The molecule has 1 aromatic carbocycles. The fourth-order valence-electron chi connectivity index (χ4n) is 0.852. The summed E-state index contributed by atoms with van der Waals surface area (Å²) in [6.45, 7) is 2.58. The van der Waals surface area contributed by atoms with E-state index in [1.807, 2.05) is 25.1 Å². The van der Waals surface area contributed by atoms with Gasteiger partial charge in [0.25, 0.3) is 5.91 Å². The van der Waals surface area contributed by atoms with Gasteiger partial charge in [0.1, 0.15) is 0 Å². The normalized spacial score (nSPS) is 11.2. The Morgan fingerprint density at radius 2 is 1.68 bits per heavy atom. The molecule has 5 nitrogen and oxygen atoms in total. The van der Waals surface area contributed by atoms with E-state index in [9.17, 15) is 18.0 Å². The Kier molecular flexibility index (Phi) is 6.49. The summed E-state index contributed by atoms with van der Waals surface area (Å²) in [5.41, 5.74) is -4.82. The molecule has 9 heteroatoms. The van der Waals surface area contributed by atoms with Gasteiger partial charge in [-0.2, -0.15) is 21.6 Å². The number of carbonyl (C=O) groups is 1. The van der Waals surface area contributed by atoms with Crippen molar-refractivity contribution in [2.45, 2.75) is 12.4 Å². The van der Waals surface area contributed by atoms with Crippen molar-refractivity contribution in [3.05, 3.63) is 35.9 Å². The number of hydrogen-bond acceptors (Lipinski definition) is 3. The van der Waals surface area contributed by atoms with Crippen LogP contribution < -0.4 is 5.32 Å². The van der Waals surface area contributed by atoms with Crippen molar-refractivity contribution in [1.29, 1.82) is 0 Å². The van der Waals surface area contributed by atoms with Crippen LogP contribution >= 0.6 is 0 Å². The highest BCUT2D eigenvalue weighted by Crippen LogP contribution is 2.20. The van der Waals surface area contributed by atoms with Crippen LogP contribution in [0.5, 0.6) is 0 Å². The Bertz CT molecular complexity index is 499. The van der Waals surface area contributed by atoms with Crippen LogP contribution in [0, 0.1) is 0 Å². The van der Waals surface area contributed by atoms with Crippen molar-refractivity contribution >= 4 is 16.0 Å². The summed E-state index contributed by atoms with van der Waals surface area (Å²) in [6.07, 6.45) is 0. The second-order valence-corrected chi connectivity index (χ2v) is 4.56. The lowest BCUT2D eigenvalue weighted by Crippen LogP contribution is -2.22. The van der Waals surface area contributed by atoms with Crippen LogP contribution in [0.25, 0.3) is 0 Å². The molecule has 0 aliphatic rings. The van der Waals surface area contributed by atoms with Gasteiger partial charge in [-0.25, -0.2) is 0 Å². The Labute approximate surface area is 108 Å². The van der Waals surface area contributed by atoms with Crippen LogP contribution in [0.3, 0.4) is 0 Å². The van der Waals surface area contributed by atoms with E-state index in [0.29, 0.717) is 12.1 Å². The second-order valence-electron chi connectivity index (χ2n) is 3.15. The molecule has 0 aliphatic carbocycles. The van der Waals surface area contributed by atoms with Crippen molar-refractivity contribution < 1.29 is 30.9 Å². The fourth-order valence-corrected chi connectivity index (χ4v) is 0.852. The lowest BCUT2D eigenvalue weighted by molar-refractivity contribution is -0.0510. The van der Waals surface area contributed by atoms with E-state index < -0.39 is 15.6 Å². The molecule has 108 valence electrons. The molecule has 0 fully saturated rings. The van der Waals surface area contributed by atoms with Gasteiger partial charge in [0.15, 0.2) is 0 Å². The number of carbonyl (C=O) groups excluding carboxylic acids is 1. The average molecular weight is 299 g/mol. The van der Waals surface area contributed by atoms with Gasteiger partial charge in [-0.15, -0.1) is 0 Å². The van der Waals surface area contributed by atoms with E-state index >= 15 is 0 Å². The van der Waals surface area contributed by atoms with E-state index in [1.54, 1.807) is 12.1 Å². The maximum Gasteiger partial charge on any atom is 0.522 e. The van der Waals surface area contributed by atoms with Gasteiger partial charge in [-0.05, 0) is 19.1 Å². The van der Waals surface area contributed by atoms with Crippen molar-refractivity contribution in [3.63, 3.8) is 0 Å². The van der Waals surface area contributed by atoms with Crippen molar-refractivity contribution in [3.8, 4) is 0 Å². The zero-order valence-electron chi connectivity index (χ0n) is 9.81. The minimum atomic E-state index is -5.84. The molecule has 2 N–H and O–H groups in total. The molecular formula is C10H12F3NO4S. The number of rotatable bonds is 2. The molecule has 1 amide bonds. The van der Waals surface area contributed by atoms with Crippen LogP contribution in [-0.2, 0) is 10.1 Å². The van der Waals surface area contributed by atoms with E-state index in [1.165, 1.54) is 0 Å². The first-order valence-corrected chi connectivity index (χ1v) is 6.40. The van der Waals surface area contributed by atoms with E-state index in [0.717, 1.165) is 0 Å². The number of alkyl halides is 3. The van der Waals surface area contributed by atoms with Gasteiger partial charge in [-0.3, -0.25) is 9.35 Å². The highest BCUT2D eigenvalue weighted by Gasteiger charge is 2.44. The molecule has 0 heterocycles. The van der Waals surface area contributed by atoms with Gasteiger partial charge in [-0.1, -0.05) is 18.2 Å². The SMILES string of the molecule is CCNC(=O)c1ccccc1.O=S(=O)(O)C(F)(F)F. The Hall–Kier alpha value is -1.61. The lowest BCUT2D eigenvalue weighted by Gasteiger charge is -1.99. The maximum absolute atomic E-state index is 11.1. The van der Waals surface area contributed by atoms with Crippen molar-refractivity contribution in [2.24, 2.45) is 0 Å². The molecule has 0 unspecified atom stereocenters. The molecule has 0 bridgehead atoms. The first kappa shape index (κ1) is 17.4. The smallest absolute Gasteiger partial charge is 0.352 e. The standard InChI is InChI=1S/C9H11NO.CHF3O3S/c1-2-10-9(11)8-6-4-3-5-7-8;2-1(3,4)8(5,6)7/h3-7H,2H2,1H3,(H,10,11);(H,5,6,7). The van der Waals surface area contributed by atoms with E-state index in [2.05, 4.69) is 5.32 Å². The third kappa shape index (κ3) is 6.77. The molecular weight excluding hydrogens is 287 g/mol. The zero-order chi connectivity index (χ0) is 15.1. The number of benzene rings is 1. The zero-order valence-corrected chi connectivity index (χ0v) is 10.6. The van der Waals surface area contributed by atoms with Gasteiger partial charge in [0.2, 0.25) is 0 Å². The third-order valence-electron chi connectivity index (χ3n) is 1.67. The monoisotopic (exact) mass is 299 g/mol. The quantitative estimate of drug-likeness (QED) is 0.644. The molecule has 0 saturated heterocycles. The van der Waals surface area contributed by atoms with Gasteiger partial charge in [0.05, 0.1) is 0 Å². The van der Waals surface area contributed by atoms with Crippen LogP contribution in [0.4, 0.5) is 13.2 Å². The minimum Gasteiger partial charge on any atom is -0.352 e. The maximum atomic E-state index is 11.1. The van der Waals surface area contributed by atoms with Crippen molar-refractivity contribution in [2.75, 3.05) is 6.54 Å². The Morgan fingerprint density at radius 3 is 2.00 bits per heavy atom. The number of amides is 1. The first-order valence-electron chi connectivity index (χ1n) is 4.96. The molecule has 0 spiro atoms. The van der Waals surface area contributed by atoms with Crippen molar-refractivity contribution in [1.82, 2.24) is 5.32 Å². The molecule has 0 atom stereocenters. The first-order chi connectivity index (χ1) is 8.59. The molecule has 19 heavy (non-hydrogen) atoms. The largest absolute Gasteiger partial charge is 0.522 e. The fraction of sp³-hybridized carbons (Fsp3) is 0.300. The van der Waals surface area contributed by atoms with Crippen LogP contribution in [0.1, 0.15) is 17.3 Å². The predicted octanol–water partition coefficient (Wildman–Crippen LogP) is 1.83. The molecule has 0 radical (unpaired) electrons. The van der Waals surface area contributed by atoms with E-state index in [-0.39, 0.29) is 5.91 Å². The highest BCUT2D eigenvalue weighted by atomic mass is 32.2. The second kappa shape index (κ2) is 7.10. The summed E-state index contributed by atoms with van der Waals surface area (Å²) >= 11 is 0. The number of halogens is 3. The molecule has 1 aromatic rings. The van der Waals surface area contributed by atoms with Crippen LogP contribution in [0.15, 0.2) is 30.3 Å². The summed E-state index contributed by atoms with van der Waals surface area (Å²) in [7, 11) is -5.84. The molecule has 1 rings (SSSR count). The Morgan fingerprint density at radius 1 is 1.26 bits per heavy atom. The number of nitrogens with one attached hydrogen (secondary N) is 1. The van der Waals surface area contributed by atoms with Gasteiger partial charge >= 0.3 is 15.6 Å².